The number of rotatable bonds is 4. The van der Waals surface area contributed by atoms with Gasteiger partial charge in [-0.3, -0.25) is 0 Å². The van der Waals surface area contributed by atoms with E-state index in [9.17, 15) is 4.79 Å². The summed E-state index contributed by atoms with van der Waals surface area (Å²) in [5.74, 6) is 0. The second kappa shape index (κ2) is 5.19. The molecule has 0 amide bonds. The number of benzene rings is 1. The molecular formula is C14H20N4O. The molecule has 5 N–H and O–H groups in total. The Kier molecular flexibility index (Phi) is 3.40. The minimum atomic E-state index is -0.151. The van der Waals surface area contributed by atoms with E-state index in [1.807, 2.05) is 12.1 Å². The predicted octanol–water partition coefficient (Wildman–Crippen LogP) is 0.868. The van der Waals surface area contributed by atoms with E-state index in [4.69, 9.17) is 5.73 Å². The molecule has 0 spiro atoms. The van der Waals surface area contributed by atoms with Gasteiger partial charge in [-0.1, -0.05) is 12.5 Å². The molecule has 3 rings (SSSR count). The largest absolute Gasteiger partial charge is 0.326 e. The van der Waals surface area contributed by atoms with E-state index in [0.717, 1.165) is 30.4 Å². The highest BCUT2D eigenvalue weighted by molar-refractivity contribution is 5.74. The van der Waals surface area contributed by atoms with Crippen LogP contribution >= 0.6 is 0 Å². The zero-order valence-corrected chi connectivity index (χ0v) is 10.9. The number of hydrogen-bond acceptors (Lipinski definition) is 3. The fourth-order valence-corrected chi connectivity index (χ4v) is 2.88. The molecule has 1 aromatic heterocycles. The van der Waals surface area contributed by atoms with Gasteiger partial charge >= 0.3 is 5.69 Å². The van der Waals surface area contributed by atoms with Crippen molar-refractivity contribution in [3.8, 4) is 0 Å². The molecule has 5 nitrogen and oxygen atoms in total. The molecule has 0 saturated heterocycles. The first-order valence-corrected chi connectivity index (χ1v) is 6.92. The number of H-pyrrole nitrogens is 2. The van der Waals surface area contributed by atoms with Crippen molar-refractivity contribution in [2.75, 3.05) is 6.54 Å². The Morgan fingerprint density at radius 1 is 1.26 bits per heavy atom. The third kappa shape index (κ3) is 2.72. The van der Waals surface area contributed by atoms with Gasteiger partial charge in [0.1, 0.15) is 0 Å². The second-order valence-electron chi connectivity index (χ2n) is 5.36. The molecular weight excluding hydrogens is 240 g/mol. The first-order valence-electron chi connectivity index (χ1n) is 6.92. The van der Waals surface area contributed by atoms with Crippen LogP contribution in [-0.2, 0) is 6.42 Å². The van der Waals surface area contributed by atoms with Gasteiger partial charge in [0.25, 0.3) is 0 Å². The molecule has 1 aromatic carbocycles. The highest BCUT2D eigenvalue weighted by Crippen LogP contribution is 2.17. The standard InChI is InChI=1S/C14H20N4O/c15-10-2-1-3-11(10)16-7-6-9-4-5-12-13(8-9)18-14(19)17-12/h4-5,8,10-11,16H,1-3,6-7,15H2,(H2,17,18,19). The summed E-state index contributed by atoms with van der Waals surface area (Å²) in [4.78, 5) is 16.7. The summed E-state index contributed by atoms with van der Waals surface area (Å²) in [6, 6.07) is 6.81. The average Bonchev–Trinajstić information content (AvgIpc) is 2.94. The van der Waals surface area contributed by atoms with Gasteiger partial charge < -0.3 is 21.0 Å². The van der Waals surface area contributed by atoms with Crippen LogP contribution in [0.25, 0.3) is 11.0 Å². The lowest BCUT2D eigenvalue weighted by Gasteiger charge is -2.17. The van der Waals surface area contributed by atoms with Gasteiger partial charge in [-0.15, -0.1) is 0 Å². The van der Waals surface area contributed by atoms with Crippen LogP contribution in [0.3, 0.4) is 0 Å². The SMILES string of the molecule is NC1CCCC1NCCc1ccc2[nH]c(=O)[nH]c2c1. The molecule has 0 aliphatic heterocycles. The Morgan fingerprint density at radius 3 is 2.89 bits per heavy atom. The van der Waals surface area contributed by atoms with Crippen LogP contribution in [0.1, 0.15) is 24.8 Å². The van der Waals surface area contributed by atoms with Crippen LogP contribution in [0.4, 0.5) is 0 Å². The maximum absolute atomic E-state index is 11.2. The fraction of sp³-hybridized carbons (Fsp3) is 0.500. The molecule has 0 radical (unpaired) electrons. The number of imidazole rings is 1. The minimum Gasteiger partial charge on any atom is -0.326 e. The molecule has 2 unspecified atom stereocenters. The lowest BCUT2D eigenvalue weighted by molar-refractivity contribution is 0.479. The maximum Gasteiger partial charge on any atom is 0.323 e. The highest BCUT2D eigenvalue weighted by Gasteiger charge is 2.22. The van der Waals surface area contributed by atoms with Crippen molar-refractivity contribution in [1.29, 1.82) is 0 Å². The number of aromatic amines is 2. The van der Waals surface area contributed by atoms with Crippen molar-refractivity contribution in [3.05, 3.63) is 34.2 Å². The number of hydrogen-bond donors (Lipinski definition) is 4. The van der Waals surface area contributed by atoms with Crippen LogP contribution in [0.2, 0.25) is 0 Å². The van der Waals surface area contributed by atoms with E-state index in [1.54, 1.807) is 0 Å². The lowest BCUT2D eigenvalue weighted by atomic mass is 10.1. The average molecular weight is 260 g/mol. The van der Waals surface area contributed by atoms with Crippen molar-refractivity contribution in [1.82, 2.24) is 15.3 Å². The summed E-state index contributed by atoms with van der Waals surface area (Å²) in [5, 5.41) is 3.53. The molecule has 1 saturated carbocycles. The molecule has 1 heterocycles. The normalized spacial score (nSPS) is 23.2. The topological polar surface area (TPSA) is 86.7 Å². The Balaban J connectivity index is 1.60. The predicted molar refractivity (Wildman–Crippen MR) is 76.2 cm³/mol. The smallest absolute Gasteiger partial charge is 0.323 e. The first-order chi connectivity index (χ1) is 9.22. The Bertz CT molecular complexity index is 615. The van der Waals surface area contributed by atoms with E-state index in [2.05, 4.69) is 21.4 Å². The van der Waals surface area contributed by atoms with Gasteiger partial charge in [0, 0.05) is 12.1 Å². The zero-order chi connectivity index (χ0) is 13.2. The van der Waals surface area contributed by atoms with Gasteiger partial charge in [-0.25, -0.2) is 4.79 Å². The molecule has 1 aliphatic rings. The third-order valence-electron chi connectivity index (χ3n) is 3.97. The van der Waals surface area contributed by atoms with E-state index >= 15 is 0 Å². The molecule has 19 heavy (non-hydrogen) atoms. The molecule has 1 aliphatic carbocycles. The van der Waals surface area contributed by atoms with Crippen LogP contribution in [0.15, 0.2) is 23.0 Å². The summed E-state index contributed by atoms with van der Waals surface area (Å²) in [6.07, 6.45) is 4.50. The molecule has 102 valence electrons. The van der Waals surface area contributed by atoms with E-state index in [-0.39, 0.29) is 5.69 Å². The Hall–Kier alpha value is -1.59. The maximum atomic E-state index is 11.2. The monoisotopic (exact) mass is 260 g/mol. The molecule has 1 fully saturated rings. The number of nitrogens with two attached hydrogens (primary N) is 1. The van der Waals surface area contributed by atoms with E-state index in [0.29, 0.717) is 12.1 Å². The molecule has 0 bridgehead atoms. The summed E-state index contributed by atoms with van der Waals surface area (Å²) in [6.45, 7) is 0.929. The minimum absolute atomic E-state index is 0.151. The second-order valence-corrected chi connectivity index (χ2v) is 5.36. The Labute approximate surface area is 111 Å². The van der Waals surface area contributed by atoms with E-state index < -0.39 is 0 Å². The fourth-order valence-electron chi connectivity index (χ4n) is 2.88. The molecule has 2 aromatic rings. The third-order valence-corrected chi connectivity index (χ3v) is 3.97. The van der Waals surface area contributed by atoms with Gasteiger partial charge in [-0.05, 0) is 43.5 Å². The van der Waals surface area contributed by atoms with Crippen molar-refractivity contribution in [2.24, 2.45) is 5.73 Å². The highest BCUT2D eigenvalue weighted by atomic mass is 16.1. The number of aromatic nitrogens is 2. The quantitative estimate of drug-likeness (QED) is 0.658. The van der Waals surface area contributed by atoms with Gasteiger partial charge in [0.15, 0.2) is 0 Å². The van der Waals surface area contributed by atoms with Crippen LogP contribution in [0.5, 0.6) is 0 Å². The summed E-state index contributed by atoms with van der Waals surface area (Å²) >= 11 is 0. The van der Waals surface area contributed by atoms with Gasteiger partial charge in [0.2, 0.25) is 0 Å². The summed E-state index contributed by atoms with van der Waals surface area (Å²) < 4.78 is 0. The van der Waals surface area contributed by atoms with Crippen molar-refractivity contribution >= 4 is 11.0 Å². The van der Waals surface area contributed by atoms with Crippen LogP contribution < -0.4 is 16.7 Å². The van der Waals surface area contributed by atoms with E-state index in [1.165, 1.54) is 18.4 Å². The van der Waals surface area contributed by atoms with Crippen LogP contribution in [0, 0.1) is 0 Å². The van der Waals surface area contributed by atoms with Crippen molar-refractivity contribution in [3.63, 3.8) is 0 Å². The summed E-state index contributed by atoms with van der Waals surface area (Å²) in [7, 11) is 0. The lowest BCUT2D eigenvalue weighted by Crippen LogP contribution is -2.41. The van der Waals surface area contributed by atoms with Gasteiger partial charge in [0.05, 0.1) is 11.0 Å². The first kappa shape index (κ1) is 12.4. The van der Waals surface area contributed by atoms with Crippen molar-refractivity contribution in [2.45, 2.75) is 37.8 Å². The molecule has 2 atom stereocenters. The molecule has 5 heteroatoms. The number of fused-ring (bicyclic) bond motifs is 1. The van der Waals surface area contributed by atoms with Crippen molar-refractivity contribution < 1.29 is 0 Å². The summed E-state index contributed by atoms with van der Waals surface area (Å²) in [5.41, 5.74) is 8.84. The van der Waals surface area contributed by atoms with Gasteiger partial charge in [-0.2, -0.15) is 0 Å². The van der Waals surface area contributed by atoms with Crippen LogP contribution in [-0.4, -0.2) is 28.6 Å². The Morgan fingerprint density at radius 2 is 2.11 bits per heavy atom. The number of nitrogens with one attached hydrogen (secondary N) is 3. The zero-order valence-electron chi connectivity index (χ0n) is 10.9.